The average Bonchev–Trinajstić information content (AvgIpc) is 2.39. The van der Waals surface area contributed by atoms with Crippen molar-refractivity contribution in [1.82, 2.24) is 4.90 Å². The Morgan fingerprint density at radius 2 is 1.90 bits per heavy atom. The number of hydrogen-bond donors (Lipinski definition) is 1. The summed E-state index contributed by atoms with van der Waals surface area (Å²) in [5.74, 6) is 0.0816. The van der Waals surface area contributed by atoms with E-state index < -0.39 is 0 Å². The Balaban J connectivity index is 2.07. The normalized spacial score (nSPS) is 25.4. The molecule has 0 bridgehead atoms. The molecule has 0 aromatic heterocycles. The first kappa shape index (κ1) is 15.8. The van der Waals surface area contributed by atoms with E-state index in [-0.39, 0.29) is 5.91 Å². The summed E-state index contributed by atoms with van der Waals surface area (Å²) in [4.78, 5) is 13.2. The number of carbonyl (C=O) groups excluding carboxylic acids is 1. The number of benzene rings is 1. The molecule has 116 valence electrons. The van der Waals surface area contributed by atoms with E-state index in [2.05, 4.69) is 31.3 Å². The fraction of sp³-hybridized carbons (Fsp3) is 0.588. The molecule has 1 heterocycles. The third-order valence-electron chi connectivity index (χ3n) is 4.02. The van der Waals surface area contributed by atoms with Crippen molar-refractivity contribution in [2.45, 2.75) is 58.4 Å². The molecule has 1 aliphatic rings. The molecule has 1 aliphatic heterocycles. The van der Waals surface area contributed by atoms with Crippen LogP contribution in [0.2, 0.25) is 0 Å². The number of rotatable bonds is 4. The van der Waals surface area contributed by atoms with Gasteiger partial charge in [-0.1, -0.05) is 18.2 Å². The Morgan fingerprint density at radius 1 is 1.29 bits per heavy atom. The van der Waals surface area contributed by atoms with Gasteiger partial charge in [-0.3, -0.25) is 4.79 Å². The maximum absolute atomic E-state index is 11.4. The van der Waals surface area contributed by atoms with Crippen LogP contribution in [0.25, 0.3) is 0 Å². The highest BCUT2D eigenvalue weighted by atomic mass is 16.5. The van der Waals surface area contributed by atoms with Gasteiger partial charge in [-0.15, -0.1) is 0 Å². The molecule has 4 nitrogen and oxygen atoms in total. The molecule has 0 radical (unpaired) electrons. The van der Waals surface area contributed by atoms with E-state index in [0.717, 1.165) is 24.1 Å². The molecule has 2 rings (SSSR count). The summed E-state index contributed by atoms with van der Waals surface area (Å²) in [5, 5.41) is 3.64. The molecule has 0 spiro atoms. The molecule has 0 aliphatic carbocycles. The standard InChI is InChI=1S/C17H26N2O2/c1-12-9-16(10-13(2)21-12)18-17-8-6-5-7-15(17)11-19(4)14(3)20/h5-8,12-13,16,18H,9-11H2,1-4H3. The van der Waals surface area contributed by atoms with Crippen LogP contribution in [0.5, 0.6) is 0 Å². The first-order valence-electron chi connectivity index (χ1n) is 7.67. The van der Waals surface area contributed by atoms with Gasteiger partial charge in [0.1, 0.15) is 0 Å². The Hall–Kier alpha value is -1.55. The van der Waals surface area contributed by atoms with Crippen LogP contribution in [0.4, 0.5) is 5.69 Å². The van der Waals surface area contributed by atoms with Crippen LogP contribution in [-0.4, -0.2) is 36.1 Å². The van der Waals surface area contributed by atoms with Crippen LogP contribution in [0, 0.1) is 0 Å². The first-order chi connectivity index (χ1) is 9.95. The summed E-state index contributed by atoms with van der Waals surface area (Å²) in [6.07, 6.45) is 2.61. The van der Waals surface area contributed by atoms with E-state index in [1.165, 1.54) is 0 Å². The summed E-state index contributed by atoms with van der Waals surface area (Å²) in [5.41, 5.74) is 2.28. The Kier molecular flexibility index (Phi) is 5.23. The van der Waals surface area contributed by atoms with Crippen molar-refractivity contribution in [2.24, 2.45) is 0 Å². The second-order valence-corrected chi connectivity index (χ2v) is 6.10. The largest absolute Gasteiger partial charge is 0.382 e. The van der Waals surface area contributed by atoms with Crippen molar-refractivity contribution in [3.8, 4) is 0 Å². The van der Waals surface area contributed by atoms with E-state index in [1.54, 1.807) is 11.8 Å². The Morgan fingerprint density at radius 3 is 2.52 bits per heavy atom. The van der Waals surface area contributed by atoms with Gasteiger partial charge in [0, 0.05) is 32.2 Å². The molecule has 1 amide bonds. The number of nitrogens with one attached hydrogen (secondary N) is 1. The van der Waals surface area contributed by atoms with Gasteiger partial charge in [0.05, 0.1) is 12.2 Å². The quantitative estimate of drug-likeness (QED) is 0.926. The Bertz CT molecular complexity index is 479. The van der Waals surface area contributed by atoms with Crippen molar-refractivity contribution in [1.29, 1.82) is 0 Å². The predicted octanol–water partition coefficient (Wildman–Crippen LogP) is 3.03. The van der Waals surface area contributed by atoms with Crippen LogP contribution in [-0.2, 0) is 16.1 Å². The average molecular weight is 290 g/mol. The van der Waals surface area contributed by atoms with E-state index in [4.69, 9.17) is 4.74 Å². The zero-order chi connectivity index (χ0) is 15.4. The number of para-hydroxylation sites is 1. The highest BCUT2D eigenvalue weighted by molar-refractivity contribution is 5.73. The first-order valence-corrected chi connectivity index (χ1v) is 7.67. The molecule has 1 aromatic rings. The van der Waals surface area contributed by atoms with Crippen molar-refractivity contribution in [2.75, 3.05) is 12.4 Å². The summed E-state index contributed by atoms with van der Waals surface area (Å²) in [6, 6.07) is 8.64. The van der Waals surface area contributed by atoms with Crippen molar-refractivity contribution in [3.63, 3.8) is 0 Å². The molecule has 1 N–H and O–H groups in total. The fourth-order valence-electron chi connectivity index (χ4n) is 2.91. The second kappa shape index (κ2) is 6.94. The minimum absolute atomic E-state index is 0.0816. The minimum atomic E-state index is 0.0816. The van der Waals surface area contributed by atoms with Gasteiger partial charge in [-0.25, -0.2) is 0 Å². The minimum Gasteiger partial charge on any atom is -0.382 e. The number of hydrogen-bond acceptors (Lipinski definition) is 3. The smallest absolute Gasteiger partial charge is 0.219 e. The van der Waals surface area contributed by atoms with Gasteiger partial charge in [0.25, 0.3) is 0 Å². The lowest BCUT2D eigenvalue weighted by molar-refractivity contribution is -0.128. The molecular formula is C17H26N2O2. The monoisotopic (exact) mass is 290 g/mol. The molecular weight excluding hydrogens is 264 g/mol. The molecule has 21 heavy (non-hydrogen) atoms. The van der Waals surface area contributed by atoms with Gasteiger partial charge in [0.2, 0.25) is 5.91 Å². The molecule has 4 heteroatoms. The van der Waals surface area contributed by atoms with Crippen LogP contribution < -0.4 is 5.32 Å². The van der Waals surface area contributed by atoms with Crippen molar-refractivity contribution >= 4 is 11.6 Å². The zero-order valence-electron chi connectivity index (χ0n) is 13.4. The topological polar surface area (TPSA) is 41.6 Å². The number of anilines is 1. The fourth-order valence-corrected chi connectivity index (χ4v) is 2.91. The third kappa shape index (κ3) is 4.46. The third-order valence-corrected chi connectivity index (χ3v) is 4.02. The summed E-state index contributed by atoms with van der Waals surface area (Å²) in [7, 11) is 1.83. The maximum atomic E-state index is 11.4. The number of nitrogens with zero attached hydrogens (tertiary/aromatic N) is 1. The lowest BCUT2D eigenvalue weighted by Crippen LogP contribution is -2.37. The lowest BCUT2D eigenvalue weighted by Gasteiger charge is -2.33. The molecule has 2 atom stereocenters. The maximum Gasteiger partial charge on any atom is 0.219 e. The lowest BCUT2D eigenvalue weighted by atomic mass is 9.99. The second-order valence-electron chi connectivity index (χ2n) is 6.10. The van der Waals surface area contributed by atoms with Crippen LogP contribution >= 0.6 is 0 Å². The summed E-state index contributed by atoms with van der Waals surface area (Å²) < 4.78 is 5.79. The summed E-state index contributed by atoms with van der Waals surface area (Å²) in [6.45, 7) is 6.48. The summed E-state index contributed by atoms with van der Waals surface area (Å²) >= 11 is 0. The van der Waals surface area contributed by atoms with Gasteiger partial charge >= 0.3 is 0 Å². The van der Waals surface area contributed by atoms with Gasteiger partial charge in [0.15, 0.2) is 0 Å². The van der Waals surface area contributed by atoms with E-state index >= 15 is 0 Å². The predicted molar refractivity (Wildman–Crippen MR) is 85.2 cm³/mol. The number of amides is 1. The molecule has 1 saturated heterocycles. The van der Waals surface area contributed by atoms with Crippen LogP contribution in [0.15, 0.2) is 24.3 Å². The zero-order valence-corrected chi connectivity index (χ0v) is 13.4. The molecule has 2 unspecified atom stereocenters. The van der Waals surface area contributed by atoms with Crippen LogP contribution in [0.3, 0.4) is 0 Å². The molecule has 0 saturated carbocycles. The SMILES string of the molecule is CC(=O)N(C)Cc1ccccc1NC1CC(C)OC(C)C1. The van der Waals surface area contributed by atoms with Gasteiger partial charge < -0.3 is 15.0 Å². The van der Waals surface area contributed by atoms with E-state index in [0.29, 0.717) is 24.8 Å². The molecule has 1 fully saturated rings. The van der Waals surface area contributed by atoms with Crippen LogP contribution in [0.1, 0.15) is 39.2 Å². The van der Waals surface area contributed by atoms with E-state index in [9.17, 15) is 4.79 Å². The van der Waals surface area contributed by atoms with Crippen molar-refractivity contribution < 1.29 is 9.53 Å². The number of carbonyl (C=O) groups is 1. The van der Waals surface area contributed by atoms with E-state index in [1.807, 2.05) is 19.2 Å². The van der Waals surface area contributed by atoms with Gasteiger partial charge in [-0.2, -0.15) is 0 Å². The molecule has 1 aromatic carbocycles. The van der Waals surface area contributed by atoms with Gasteiger partial charge in [-0.05, 0) is 38.3 Å². The number of ether oxygens (including phenoxy) is 1. The Labute approximate surface area is 127 Å². The highest BCUT2D eigenvalue weighted by Crippen LogP contribution is 2.25. The van der Waals surface area contributed by atoms with Crippen molar-refractivity contribution in [3.05, 3.63) is 29.8 Å². The highest BCUT2D eigenvalue weighted by Gasteiger charge is 2.24.